The molecule has 0 saturated heterocycles. The molecule has 2 aromatic rings. The summed E-state index contributed by atoms with van der Waals surface area (Å²) in [5.74, 6) is 0.532. The van der Waals surface area contributed by atoms with E-state index in [9.17, 15) is 13.6 Å². The van der Waals surface area contributed by atoms with E-state index >= 15 is 0 Å². The molecule has 0 aliphatic heterocycles. The summed E-state index contributed by atoms with van der Waals surface area (Å²) in [4.78, 5) is 12.3. The van der Waals surface area contributed by atoms with Crippen molar-refractivity contribution in [3.63, 3.8) is 0 Å². The van der Waals surface area contributed by atoms with Gasteiger partial charge in [0.25, 0.3) is 0 Å². The molecule has 0 saturated carbocycles. The first kappa shape index (κ1) is 15.0. The summed E-state index contributed by atoms with van der Waals surface area (Å²) in [5, 5.41) is 0. The standard InChI is InChI=1S/C16H14F2O3/c1-10-9-12(5-8-14(10)20-2)15(19)11-3-6-13(7-4-11)21-16(17)18/h3-9,16H,1-2H3. The van der Waals surface area contributed by atoms with E-state index in [0.717, 1.165) is 5.56 Å². The fraction of sp³-hybridized carbons (Fsp3) is 0.188. The third kappa shape index (κ3) is 3.56. The second-order valence-electron chi connectivity index (χ2n) is 4.42. The van der Waals surface area contributed by atoms with Gasteiger partial charge in [-0.1, -0.05) is 0 Å². The smallest absolute Gasteiger partial charge is 0.387 e. The number of ether oxygens (including phenoxy) is 2. The second-order valence-corrected chi connectivity index (χ2v) is 4.42. The van der Waals surface area contributed by atoms with Gasteiger partial charge < -0.3 is 9.47 Å². The van der Waals surface area contributed by atoms with Gasteiger partial charge in [-0.25, -0.2) is 0 Å². The van der Waals surface area contributed by atoms with Gasteiger partial charge in [0.1, 0.15) is 11.5 Å². The molecule has 0 aliphatic rings. The summed E-state index contributed by atoms with van der Waals surface area (Å²) in [7, 11) is 1.56. The molecule has 0 atom stereocenters. The number of aryl methyl sites for hydroxylation is 1. The van der Waals surface area contributed by atoms with E-state index in [1.807, 2.05) is 6.92 Å². The topological polar surface area (TPSA) is 35.5 Å². The van der Waals surface area contributed by atoms with E-state index in [1.165, 1.54) is 24.3 Å². The zero-order valence-corrected chi connectivity index (χ0v) is 11.6. The lowest BCUT2D eigenvalue weighted by atomic mass is 10.0. The van der Waals surface area contributed by atoms with Gasteiger partial charge in [-0.2, -0.15) is 8.78 Å². The third-order valence-electron chi connectivity index (χ3n) is 3.00. The van der Waals surface area contributed by atoms with Crippen LogP contribution in [-0.2, 0) is 0 Å². The van der Waals surface area contributed by atoms with Crippen LogP contribution < -0.4 is 9.47 Å². The van der Waals surface area contributed by atoms with Gasteiger partial charge in [0.15, 0.2) is 5.78 Å². The minimum Gasteiger partial charge on any atom is -0.496 e. The average Bonchev–Trinajstić information content (AvgIpc) is 2.46. The van der Waals surface area contributed by atoms with E-state index in [1.54, 1.807) is 25.3 Å². The van der Waals surface area contributed by atoms with Gasteiger partial charge >= 0.3 is 6.61 Å². The van der Waals surface area contributed by atoms with Crippen LogP contribution in [0, 0.1) is 6.92 Å². The Hall–Kier alpha value is -2.43. The maximum absolute atomic E-state index is 12.3. The number of ketones is 1. The lowest BCUT2D eigenvalue weighted by Gasteiger charge is -2.08. The van der Waals surface area contributed by atoms with Crippen molar-refractivity contribution >= 4 is 5.78 Å². The number of benzene rings is 2. The van der Waals surface area contributed by atoms with E-state index < -0.39 is 6.61 Å². The van der Waals surface area contributed by atoms with Crippen molar-refractivity contribution in [1.29, 1.82) is 0 Å². The largest absolute Gasteiger partial charge is 0.496 e. The summed E-state index contributed by atoms with van der Waals surface area (Å²) >= 11 is 0. The maximum Gasteiger partial charge on any atom is 0.387 e. The van der Waals surface area contributed by atoms with Crippen LogP contribution in [0.4, 0.5) is 8.78 Å². The molecule has 0 heterocycles. The summed E-state index contributed by atoms with van der Waals surface area (Å²) < 4.78 is 33.5. The lowest BCUT2D eigenvalue weighted by Crippen LogP contribution is -2.04. The molecule has 21 heavy (non-hydrogen) atoms. The Morgan fingerprint density at radius 3 is 2.19 bits per heavy atom. The summed E-state index contributed by atoms with van der Waals surface area (Å²) in [6.45, 7) is -1.04. The van der Waals surface area contributed by atoms with Crippen LogP contribution in [0.2, 0.25) is 0 Å². The fourth-order valence-electron chi connectivity index (χ4n) is 1.97. The van der Waals surface area contributed by atoms with Crippen molar-refractivity contribution in [3.05, 3.63) is 59.2 Å². The highest BCUT2D eigenvalue weighted by molar-refractivity contribution is 6.09. The SMILES string of the molecule is COc1ccc(C(=O)c2ccc(OC(F)F)cc2)cc1C. The molecule has 0 unspecified atom stereocenters. The van der Waals surface area contributed by atoms with Crippen molar-refractivity contribution in [2.75, 3.05) is 7.11 Å². The minimum atomic E-state index is -2.88. The molecule has 0 aromatic heterocycles. The third-order valence-corrected chi connectivity index (χ3v) is 3.00. The Kier molecular flexibility index (Phi) is 4.52. The first-order valence-electron chi connectivity index (χ1n) is 6.25. The van der Waals surface area contributed by atoms with Crippen LogP contribution >= 0.6 is 0 Å². The van der Waals surface area contributed by atoms with Crippen molar-refractivity contribution in [2.24, 2.45) is 0 Å². The molecule has 5 heteroatoms. The lowest BCUT2D eigenvalue weighted by molar-refractivity contribution is -0.0498. The Morgan fingerprint density at radius 2 is 1.67 bits per heavy atom. The second kappa shape index (κ2) is 6.35. The van der Waals surface area contributed by atoms with Crippen molar-refractivity contribution < 1.29 is 23.0 Å². The summed E-state index contributed by atoms with van der Waals surface area (Å²) in [6, 6.07) is 10.7. The quantitative estimate of drug-likeness (QED) is 0.786. The molecule has 0 spiro atoms. The van der Waals surface area contributed by atoms with E-state index in [4.69, 9.17) is 4.74 Å². The molecule has 0 radical (unpaired) electrons. The molecular formula is C16H14F2O3. The van der Waals surface area contributed by atoms with E-state index in [2.05, 4.69) is 4.74 Å². The predicted octanol–water partition coefficient (Wildman–Crippen LogP) is 3.84. The molecule has 0 N–H and O–H groups in total. The molecule has 0 bridgehead atoms. The van der Waals surface area contributed by atoms with Crippen LogP contribution in [0.3, 0.4) is 0 Å². The summed E-state index contributed by atoms with van der Waals surface area (Å²) in [6.07, 6.45) is 0. The Morgan fingerprint density at radius 1 is 1.05 bits per heavy atom. The molecule has 3 nitrogen and oxygen atoms in total. The molecule has 0 fully saturated rings. The maximum atomic E-state index is 12.3. The van der Waals surface area contributed by atoms with Gasteiger partial charge in [0.2, 0.25) is 0 Å². The van der Waals surface area contributed by atoms with Crippen molar-refractivity contribution in [3.8, 4) is 11.5 Å². The molecular weight excluding hydrogens is 278 g/mol. The Labute approximate surface area is 121 Å². The highest BCUT2D eigenvalue weighted by Gasteiger charge is 2.12. The number of alkyl halides is 2. The van der Waals surface area contributed by atoms with E-state index in [-0.39, 0.29) is 11.5 Å². The highest BCUT2D eigenvalue weighted by Crippen LogP contribution is 2.22. The van der Waals surface area contributed by atoms with Gasteiger partial charge in [0, 0.05) is 11.1 Å². The molecule has 0 amide bonds. The number of halogens is 2. The number of carbonyl (C=O) groups excluding carboxylic acids is 1. The molecule has 2 rings (SSSR count). The fourth-order valence-corrected chi connectivity index (χ4v) is 1.97. The normalized spacial score (nSPS) is 10.5. The Bertz CT molecular complexity index is 636. The van der Waals surface area contributed by atoms with Crippen LogP contribution in [0.15, 0.2) is 42.5 Å². The minimum absolute atomic E-state index is 0.0208. The molecule has 110 valence electrons. The molecule has 2 aromatic carbocycles. The van der Waals surface area contributed by atoms with Gasteiger partial charge in [-0.15, -0.1) is 0 Å². The predicted molar refractivity (Wildman–Crippen MR) is 74.2 cm³/mol. The number of carbonyl (C=O) groups is 1. The van der Waals surface area contributed by atoms with Crippen LogP contribution in [0.1, 0.15) is 21.5 Å². The zero-order chi connectivity index (χ0) is 15.4. The van der Waals surface area contributed by atoms with Crippen LogP contribution in [0.5, 0.6) is 11.5 Å². The van der Waals surface area contributed by atoms with Gasteiger partial charge in [-0.05, 0) is 55.0 Å². The van der Waals surface area contributed by atoms with Crippen LogP contribution in [-0.4, -0.2) is 19.5 Å². The van der Waals surface area contributed by atoms with Gasteiger partial charge in [-0.3, -0.25) is 4.79 Å². The summed E-state index contributed by atoms with van der Waals surface area (Å²) in [5.41, 5.74) is 1.76. The first-order chi connectivity index (χ1) is 10.0. The average molecular weight is 292 g/mol. The first-order valence-corrected chi connectivity index (χ1v) is 6.25. The zero-order valence-electron chi connectivity index (χ0n) is 11.6. The Balaban J connectivity index is 2.21. The van der Waals surface area contributed by atoms with Gasteiger partial charge in [0.05, 0.1) is 7.11 Å². The number of methoxy groups -OCH3 is 1. The van der Waals surface area contributed by atoms with Crippen molar-refractivity contribution in [1.82, 2.24) is 0 Å². The number of rotatable bonds is 5. The van der Waals surface area contributed by atoms with Crippen LogP contribution in [0.25, 0.3) is 0 Å². The molecule has 0 aliphatic carbocycles. The highest BCUT2D eigenvalue weighted by atomic mass is 19.3. The number of hydrogen-bond donors (Lipinski definition) is 0. The number of hydrogen-bond acceptors (Lipinski definition) is 3. The van der Waals surface area contributed by atoms with Crippen molar-refractivity contribution in [2.45, 2.75) is 13.5 Å². The van der Waals surface area contributed by atoms with E-state index in [0.29, 0.717) is 16.9 Å². The monoisotopic (exact) mass is 292 g/mol.